The molecule has 0 amide bonds. The first kappa shape index (κ1) is 11.2. The fourth-order valence-corrected chi connectivity index (χ4v) is 1.20. The van der Waals surface area contributed by atoms with E-state index in [0.29, 0.717) is 5.57 Å². The molecule has 78 valence electrons. The zero-order chi connectivity index (χ0) is 11.3. The predicted octanol–water partition coefficient (Wildman–Crippen LogP) is 3.04. The lowest BCUT2D eigenvalue weighted by molar-refractivity contribution is -0.113. The van der Waals surface area contributed by atoms with E-state index in [2.05, 4.69) is 0 Å². The van der Waals surface area contributed by atoms with Gasteiger partial charge in [-0.05, 0) is 31.1 Å². The third kappa shape index (κ3) is 3.09. The summed E-state index contributed by atoms with van der Waals surface area (Å²) in [5.74, 6) is -0.151. The van der Waals surface area contributed by atoms with Crippen LogP contribution in [-0.4, -0.2) is 10.9 Å². The standard InChI is InChI=1S/C13H14O2/c1-10-5-3-4-6-12(10)7-8-13(9-14)11(2)15/h3-9,14H,1-2H3/b8-7-,13-9-. The Morgan fingerprint density at radius 1 is 1.33 bits per heavy atom. The van der Waals surface area contributed by atoms with Gasteiger partial charge in [-0.2, -0.15) is 0 Å². The molecule has 2 heteroatoms. The van der Waals surface area contributed by atoms with Crippen LogP contribution in [0.15, 0.2) is 42.2 Å². The van der Waals surface area contributed by atoms with Crippen LogP contribution in [-0.2, 0) is 4.79 Å². The highest BCUT2D eigenvalue weighted by Gasteiger charge is 1.98. The van der Waals surface area contributed by atoms with Gasteiger partial charge in [-0.1, -0.05) is 30.3 Å². The van der Waals surface area contributed by atoms with Crippen LogP contribution in [0, 0.1) is 6.92 Å². The van der Waals surface area contributed by atoms with Gasteiger partial charge in [0.1, 0.15) is 0 Å². The Hall–Kier alpha value is -1.83. The second kappa shape index (κ2) is 5.15. The number of carbonyl (C=O) groups is 1. The van der Waals surface area contributed by atoms with Gasteiger partial charge >= 0.3 is 0 Å². The molecule has 0 aromatic heterocycles. The average molecular weight is 202 g/mol. The highest BCUT2D eigenvalue weighted by molar-refractivity contribution is 5.96. The van der Waals surface area contributed by atoms with Crippen molar-refractivity contribution in [1.82, 2.24) is 0 Å². The molecule has 0 radical (unpaired) electrons. The highest BCUT2D eigenvalue weighted by atomic mass is 16.2. The maximum absolute atomic E-state index is 11.0. The molecule has 1 N–H and O–H groups in total. The number of hydrogen-bond donors (Lipinski definition) is 1. The quantitative estimate of drug-likeness (QED) is 0.464. The summed E-state index contributed by atoms with van der Waals surface area (Å²) < 4.78 is 0. The van der Waals surface area contributed by atoms with E-state index in [9.17, 15) is 4.79 Å². The molecule has 0 saturated carbocycles. The molecule has 0 saturated heterocycles. The molecule has 0 fully saturated rings. The van der Waals surface area contributed by atoms with Crippen molar-refractivity contribution in [2.75, 3.05) is 0 Å². The lowest BCUT2D eigenvalue weighted by Gasteiger charge is -1.98. The molecule has 0 atom stereocenters. The number of aliphatic hydroxyl groups excluding tert-OH is 1. The molecule has 2 nitrogen and oxygen atoms in total. The Kier molecular flexibility index (Phi) is 3.86. The summed E-state index contributed by atoms with van der Waals surface area (Å²) in [7, 11) is 0. The SMILES string of the molecule is CC(=O)C(/C=C\c1ccccc1C)=C\O. The summed E-state index contributed by atoms with van der Waals surface area (Å²) in [5, 5.41) is 8.81. The lowest BCUT2D eigenvalue weighted by Crippen LogP contribution is -1.92. The number of hydrogen-bond acceptors (Lipinski definition) is 2. The summed E-state index contributed by atoms with van der Waals surface area (Å²) in [6, 6.07) is 7.85. The number of carbonyl (C=O) groups excluding carboxylic acids is 1. The van der Waals surface area contributed by atoms with E-state index < -0.39 is 0 Å². The van der Waals surface area contributed by atoms with Crippen molar-refractivity contribution in [3.8, 4) is 0 Å². The van der Waals surface area contributed by atoms with E-state index in [-0.39, 0.29) is 5.78 Å². The number of ketones is 1. The minimum Gasteiger partial charge on any atom is -0.515 e. The van der Waals surface area contributed by atoms with Crippen molar-refractivity contribution in [3.05, 3.63) is 53.3 Å². The van der Waals surface area contributed by atoms with Crippen LogP contribution in [0.4, 0.5) is 0 Å². The molecule has 0 unspecified atom stereocenters. The zero-order valence-electron chi connectivity index (χ0n) is 8.90. The second-order valence-corrected chi connectivity index (χ2v) is 3.33. The van der Waals surface area contributed by atoms with Crippen molar-refractivity contribution in [3.63, 3.8) is 0 Å². The third-order valence-corrected chi connectivity index (χ3v) is 2.18. The number of aryl methyl sites for hydroxylation is 1. The maximum atomic E-state index is 11.0. The molecule has 1 aromatic rings. The van der Waals surface area contributed by atoms with Crippen LogP contribution in [0.1, 0.15) is 18.1 Å². The zero-order valence-corrected chi connectivity index (χ0v) is 8.90. The Morgan fingerprint density at radius 3 is 2.53 bits per heavy atom. The van der Waals surface area contributed by atoms with Gasteiger partial charge in [0.15, 0.2) is 5.78 Å². The Balaban J connectivity index is 2.91. The van der Waals surface area contributed by atoms with E-state index in [1.165, 1.54) is 6.92 Å². The van der Waals surface area contributed by atoms with Gasteiger partial charge in [-0.15, -0.1) is 0 Å². The molecule has 0 aliphatic carbocycles. The fourth-order valence-electron chi connectivity index (χ4n) is 1.20. The topological polar surface area (TPSA) is 37.3 Å². The van der Waals surface area contributed by atoms with Crippen molar-refractivity contribution < 1.29 is 9.90 Å². The van der Waals surface area contributed by atoms with Gasteiger partial charge < -0.3 is 5.11 Å². The summed E-state index contributed by atoms with van der Waals surface area (Å²) in [5.41, 5.74) is 2.48. The molecule has 0 spiro atoms. The fraction of sp³-hybridized carbons (Fsp3) is 0.154. The number of allylic oxidation sites excluding steroid dienone is 2. The number of rotatable bonds is 3. The monoisotopic (exact) mass is 202 g/mol. The third-order valence-electron chi connectivity index (χ3n) is 2.18. The van der Waals surface area contributed by atoms with Crippen molar-refractivity contribution in [1.29, 1.82) is 0 Å². The van der Waals surface area contributed by atoms with Crippen LogP contribution in [0.3, 0.4) is 0 Å². The van der Waals surface area contributed by atoms with Gasteiger partial charge in [-0.3, -0.25) is 4.79 Å². The molecule has 15 heavy (non-hydrogen) atoms. The van der Waals surface area contributed by atoms with E-state index in [0.717, 1.165) is 17.4 Å². The summed E-state index contributed by atoms with van der Waals surface area (Å²) >= 11 is 0. The van der Waals surface area contributed by atoms with Crippen LogP contribution >= 0.6 is 0 Å². The Labute approximate surface area is 89.6 Å². The average Bonchev–Trinajstić information content (AvgIpc) is 2.21. The van der Waals surface area contributed by atoms with E-state index >= 15 is 0 Å². The Bertz CT molecular complexity index is 414. The smallest absolute Gasteiger partial charge is 0.162 e. The number of aliphatic hydroxyl groups is 1. The van der Waals surface area contributed by atoms with Crippen LogP contribution in [0.25, 0.3) is 6.08 Å². The van der Waals surface area contributed by atoms with E-state index in [1.54, 1.807) is 6.08 Å². The summed E-state index contributed by atoms with van der Waals surface area (Å²) in [6.07, 6.45) is 4.26. The van der Waals surface area contributed by atoms with Crippen molar-refractivity contribution >= 4 is 11.9 Å². The number of Topliss-reactive ketones (excluding diaryl/α,β-unsaturated/α-hetero) is 1. The normalized spacial score (nSPS) is 12.0. The lowest BCUT2D eigenvalue weighted by atomic mass is 10.1. The molecule has 0 aliphatic rings. The van der Waals surface area contributed by atoms with Gasteiger partial charge in [0, 0.05) is 0 Å². The minimum absolute atomic E-state index is 0.151. The molecule has 0 heterocycles. The molecule has 1 aromatic carbocycles. The maximum Gasteiger partial charge on any atom is 0.162 e. The molecule has 0 bridgehead atoms. The van der Waals surface area contributed by atoms with E-state index in [4.69, 9.17) is 5.11 Å². The van der Waals surface area contributed by atoms with Crippen molar-refractivity contribution in [2.45, 2.75) is 13.8 Å². The first-order valence-corrected chi connectivity index (χ1v) is 4.74. The van der Waals surface area contributed by atoms with Gasteiger partial charge in [0.05, 0.1) is 11.8 Å². The predicted molar refractivity (Wildman–Crippen MR) is 61.6 cm³/mol. The second-order valence-electron chi connectivity index (χ2n) is 3.33. The summed E-state index contributed by atoms with van der Waals surface area (Å²) in [4.78, 5) is 11.0. The minimum atomic E-state index is -0.151. The first-order chi connectivity index (χ1) is 7.15. The Morgan fingerprint density at radius 2 is 2.00 bits per heavy atom. The summed E-state index contributed by atoms with van der Waals surface area (Å²) in [6.45, 7) is 3.42. The van der Waals surface area contributed by atoms with Crippen LogP contribution in [0.5, 0.6) is 0 Å². The molecule has 1 rings (SSSR count). The van der Waals surface area contributed by atoms with Crippen LogP contribution in [0.2, 0.25) is 0 Å². The largest absolute Gasteiger partial charge is 0.515 e. The molecular formula is C13H14O2. The molecule has 0 aliphatic heterocycles. The van der Waals surface area contributed by atoms with Crippen molar-refractivity contribution in [2.24, 2.45) is 0 Å². The van der Waals surface area contributed by atoms with Gasteiger partial charge in [-0.25, -0.2) is 0 Å². The first-order valence-electron chi connectivity index (χ1n) is 4.74. The molecular weight excluding hydrogens is 188 g/mol. The highest BCUT2D eigenvalue weighted by Crippen LogP contribution is 2.10. The van der Waals surface area contributed by atoms with Crippen LogP contribution < -0.4 is 0 Å². The van der Waals surface area contributed by atoms with E-state index in [1.807, 2.05) is 37.3 Å². The number of benzene rings is 1. The van der Waals surface area contributed by atoms with Gasteiger partial charge in [0.25, 0.3) is 0 Å². The van der Waals surface area contributed by atoms with Gasteiger partial charge in [0.2, 0.25) is 0 Å².